The number of aromatic nitrogens is 1. The largest absolute Gasteiger partial charge is 0.382 e. The molecule has 0 aromatic carbocycles. The van der Waals surface area contributed by atoms with Crippen molar-refractivity contribution in [3.8, 4) is 0 Å². The van der Waals surface area contributed by atoms with Gasteiger partial charge in [-0.3, -0.25) is 4.98 Å². The Bertz CT molecular complexity index is 243. The average Bonchev–Trinajstić information content (AvgIpc) is 2.16. The van der Waals surface area contributed by atoms with E-state index in [2.05, 4.69) is 16.9 Å². The van der Waals surface area contributed by atoms with Crippen molar-refractivity contribution in [2.24, 2.45) is 5.73 Å². The number of nitrogens with one attached hydrogen (secondary N) is 1. The third kappa shape index (κ3) is 2.72. The zero-order chi connectivity index (χ0) is 8.81. The van der Waals surface area contributed by atoms with Crippen molar-refractivity contribution in [3.05, 3.63) is 42.4 Å². The van der Waals surface area contributed by atoms with Crippen LogP contribution in [0.1, 0.15) is 5.69 Å². The molecule has 0 atom stereocenters. The molecule has 0 aliphatic heterocycles. The first-order chi connectivity index (χ1) is 5.83. The van der Waals surface area contributed by atoms with Crippen LogP contribution in [0.4, 0.5) is 0 Å². The summed E-state index contributed by atoms with van der Waals surface area (Å²) in [5, 5.41) is 3.07. The summed E-state index contributed by atoms with van der Waals surface area (Å²) in [6, 6.07) is 5.80. The van der Waals surface area contributed by atoms with Crippen LogP contribution in [0.25, 0.3) is 0 Å². The first kappa shape index (κ1) is 8.74. The van der Waals surface area contributed by atoms with Crippen LogP contribution in [0.15, 0.2) is 36.7 Å². The molecule has 1 rings (SSSR count). The molecule has 0 aliphatic rings. The van der Waals surface area contributed by atoms with Gasteiger partial charge in [-0.2, -0.15) is 0 Å². The normalized spacial score (nSPS) is 9.42. The van der Waals surface area contributed by atoms with Crippen LogP contribution >= 0.6 is 0 Å². The molecule has 64 valence electrons. The van der Waals surface area contributed by atoms with Crippen molar-refractivity contribution < 1.29 is 0 Å². The number of hydrogen-bond acceptors (Lipinski definition) is 3. The lowest BCUT2D eigenvalue weighted by Crippen LogP contribution is -2.19. The van der Waals surface area contributed by atoms with E-state index in [4.69, 9.17) is 5.73 Å². The highest BCUT2D eigenvalue weighted by Crippen LogP contribution is 1.93. The topological polar surface area (TPSA) is 50.9 Å². The molecule has 3 nitrogen and oxygen atoms in total. The molecule has 1 heterocycles. The van der Waals surface area contributed by atoms with Gasteiger partial charge in [0.2, 0.25) is 0 Å². The van der Waals surface area contributed by atoms with Gasteiger partial charge in [0.15, 0.2) is 0 Å². The second-order valence-electron chi connectivity index (χ2n) is 2.48. The Morgan fingerprint density at radius 3 is 3.00 bits per heavy atom. The van der Waals surface area contributed by atoms with E-state index in [1.807, 2.05) is 18.2 Å². The Morgan fingerprint density at radius 1 is 1.58 bits per heavy atom. The Morgan fingerprint density at radius 2 is 2.42 bits per heavy atom. The van der Waals surface area contributed by atoms with E-state index in [0.717, 1.165) is 11.4 Å². The van der Waals surface area contributed by atoms with Crippen LogP contribution in [0.5, 0.6) is 0 Å². The Kier molecular flexibility index (Phi) is 3.29. The highest BCUT2D eigenvalue weighted by atomic mass is 14.9. The molecule has 0 spiro atoms. The van der Waals surface area contributed by atoms with Crippen LogP contribution in [0, 0.1) is 0 Å². The molecule has 3 N–H and O–H groups in total. The summed E-state index contributed by atoms with van der Waals surface area (Å²) >= 11 is 0. The van der Waals surface area contributed by atoms with Crippen LogP contribution in [0.3, 0.4) is 0 Å². The summed E-state index contributed by atoms with van der Waals surface area (Å²) in [5.74, 6) is 0. The van der Waals surface area contributed by atoms with Crippen molar-refractivity contribution in [1.82, 2.24) is 10.3 Å². The zero-order valence-electron chi connectivity index (χ0n) is 6.96. The lowest BCUT2D eigenvalue weighted by Gasteiger charge is -2.05. The fourth-order valence-electron chi connectivity index (χ4n) is 0.790. The SMILES string of the molecule is C=C(CN)NCc1ccccn1. The van der Waals surface area contributed by atoms with E-state index >= 15 is 0 Å². The van der Waals surface area contributed by atoms with Crippen LogP contribution in [0.2, 0.25) is 0 Å². The summed E-state index contributed by atoms with van der Waals surface area (Å²) in [4.78, 5) is 4.14. The fourth-order valence-corrected chi connectivity index (χ4v) is 0.790. The van der Waals surface area contributed by atoms with Gasteiger partial charge in [0.05, 0.1) is 12.2 Å². The molecule has 0 radical (unpaired) electrons. The smallest absolute Gasteiger partial charge is 0.0594 e. The average molecular weight is 163 g/mol. The molecular formula is C9H13N3. The summed E-state index contributed by atoms with van der Waals surface area (Å²) < 4.78 is 0. The van der Waals surface area contributed by atoms with Crippen molar-refractivity contribution in [3.63, 3.8) is 0 Å². The standard InChI is InChI=1S/C9H13N3/c1-8(6-10)12-7-9-4-2-3-5-11-9/h2-5,12H,1,6-7,10H2. The molecule has 0 saturated heterocycles. The van der Waals surface area contributed by atoms with Gasteiger partial charge in [0, 0.05) is 18.4 Å². The van der Waals surface area contributed by atoms with Crippen molar-refractivity contribution in [2.45, 2.75) is 6.54 Å². The predicted octanol–water partition coefficient (Wildman–Crippen LogP) is 0.644. The summed E-state index contributed by atoms with van der Waals surface area (Å²) in [7, 11) is 0. The van der Waals surface area contributed by atoms with E-state index in [0.29, 0.717) is 13.1 Å². The molecule has 0 saturated carbocycles. The van der Waals surface area contributed by atoms with E-state index in [1.54, 1.807) is 6.20 Å². The van der Waals surface area contributed by atoms with Gasteiger partial charge in [-0.15, -0.1) is 0 Å². The Hall–Kier alpha value is -1.35. The lowest BCUT2D eigenvalue weighted by molar-refractivity contribution is 0.770. The highest BCUT2D eigenvalue weighted by molar-refractivity contribution is 5.05. The second kappa shape index (κ2) is 4.51. The van der Waals surface area contributed by atoms with E-state index in [-0.39, 0.29) is 0 Å². The molecule has 1 aromatic heterocycles. The van der Waals surface area contributed by atoms with Crippen molar-refractivity contribution in [2.75, 3.05) is 6.54 Å². The maximum atomic E-state index is 5.35. The van der Waals surface area contributed by atoms with E-state index in [1.165, 1.54) is 0 Å². The van der Waals surface area contributed by atoms with Crippen molar-refractivity contribution >= 4 is 0 Å². The minimum atomic E-state index is 0.465. The molecule has 0 unspecified atom stereocenters. The monoisotopic (exact) mass is 163 g/mol. The minimum Gasteiger partial charge on any atom is -0.382 e. The van der Waals surface area contributed by atoms with Gasteiger partial charge < -0.3 is 11.1 Å². The third-order valence-electron chi connectivity index (χ3n) is 1.49. The Balaban J connectivity index is 2.38. The lowest BCUT2D eigenvalue weighted by atomic mass is 10.3. The number of nitrogens with two attached hydrogens (primary N) is 1. The third-order valence-corrected chi connectivity index (χ3v) is 1.49. The second-order valence-corrected chi connectivity index (χ2v) is 2.48. The Labute approximate surface area is 72.3 Å². The molecular weight excluding hydrogens is 150 g/mol. The minimum absolute atomic E-state index is 0.465. The van der Waals surface area contributed by atoms with E-state index in [9.17, 15) is 0 Å². The van der Waals surface area contributed by atoms with Gasteiger partial charge in [0.1, 0.15) is 0 Å². The first-order valence-electron chi connectivity index (χ1n) is 3.84. The molecule has 12 heavy (non-hydrogen) atoms. The van der Waals surface area contributed by atoms with Gasteiger partial charge in [0.25, 0.3) is 0 Å². The van der Waals surface area contributed by atoms with Crippen LogP contribution in [-0.2, 0) is 6.54 Å². The summed E-state index contributed by atoms with van der Waals surface area (Å²) in [6.45, 7) is 4.88. The quantitative estimate of drug-likeness (QED) is 0.685. The number of hydrogen-bond donors (Lipinski definition) is 2. The number of nitrogens with zero attached hydrogens (tertiary/aromatic N) is 1. The molecule has 0 fully saturated rings. The van der Waals surface area contributed by atoms with Gasteiger partial charge in [-0.05, 0) is 12.1 Å². The van der Waals surface area contributed by atoms with E-state index < -0.39 is 0 Å². The van der Waals surface area contributed by atoms with Crippen molar-refractivity contribution in [1.29, 1.82) is 0 Å². The van der Waals surface area contributed by atoms with Gasteiger partial charge in [-0.1, -0.05) is 12.6 Å². The molecule has 1 aromatic rings. The van der Waals surface area contributed by atoms with Gasteiger partial charge >= 0.3 is 0 Å². The maximum absolute atomic E-state index is 5.35. The number of pyridine rings is 1. The number of rotatable bonds is 4. The highest BCUT2D eigenvalue weighted by Gasteiger charge is 1.91. The summed E-state index contributed by atoms with van der Waals surface area (Å²) in [5.41, 5.74) is 7.18. The van der Waals surface area contributed by atoms with Crippen LogP contribution < -0.4 is 11.1 Å². The first-order valence-corrected chi connectivity index (χ1v) is 3.84. The maximum Gasteiger partial charge on any atom is 0.0594 e. The van der Waals surface area contributed by atoms with Crippen LogP contribution in [-0.4, -0.2) is 11.5 Å². The van der Waals surface area contributed by atoms with Gasteiger partial charge in [-0.25, -0.2) is 0 Å². The molecule has 0 amide bonds. The zero-order valence-corrected chi connectivity index (χ0v) is 6.96. The molecule has 3 heteroatoms. The fraction of sp³-hybridized carbons (Fsp3) is 0.222. The molecule has 0 bridgehead atoms. The predicted molar refractivity (Wildman–Crippen MR) is 49.3 cm³/mol. The molecule has 0 aliphatic carbocycles. The summed E-state index contributed by atoms with van der Waals surface area (Å²) in [6.07, 6.45) is 1.77.